The number of aryl methyl sites for hydroxylation is 2. The number of thiophene rings is 1. The first-order valence-corrected chi connectivity index (χ1v) is 7.94. The molecule has 0 aliphatic carbocycles. The first kappa shape index (κ1) is 16.6. The van der Waals surface area contributed by atoms with E-state index in [0.29, 0.717) is 26.5 Å². The average Bonchev–Trinajstić information content (AvgIpc) is 2.70. The van der Waals surface area contributed by atoms with Crippen molar-refractivity contribution in [3.8, 4) is 0 Å². The van der Waals surface area contributed by atoms with Crippen LogP contribution in [0.5, 0.6) is 0 Å². The van der Waals surface area contributed by atoms with Crippen LogP contribution in [0.4, 0.5) is 0 Å². The molecule has 2 heterocycles. The van der Waals surface area contributed by atoms with E-state index in [1.807, 2.05) is 0 Å². The van der Waals surface area contributed by atoms with Gasteiger partial charge in [-0.3, -0.25) is 9.36 Å². The van der Waals surface area contributed by atoms with Gasteiger partial charge in [0.2, 0.25) is 0 Å². The molecule has 0 fully saturated rings. The molecular weight excluding hydrogens is 322 g/mol. The topological polar surface area (TPSA) is 87.2 Å². The number of carbonyl (C=O) groups excluding carboxylic acids is 1. The van der Waals surface area contributed by atoms with E-state index in [-0.39, 0.29) is 23.2 Å². The Hall–Kier alpha value is -1.80. The fourth-order valence-corrected chi connectivity index (χ4v) is 3.35. The van der Waals surface area contributed by atoms with Crippen molar-refractivity contribution in [1.29, 1.82) is 0 Å². The summed E-state index contributed by atoms with van der Waals surface area (Å²) in [6.07, 6.45) is -0.224. The number of esters is 1. The van der Waals surface area contributed by atoms with Crippen molar-refractivity contribution in [2.45, 2.75) is 40.3 Å². The Morgan fingerprint density at radius 1 is 1.45 bits per heavy atom. The molecule has 0 radical (unpaired) electrons. The molecule has 0 aromatic carbocycles. The third-order valence-corrected chi connectivity index (χ3v) is 4.38. The van der Waals surface area contributed by atoms with Crippen LogP contribution in [0, 0.1) is 13.8 Å². The molecule has 6 nitrogen and oxygen atoms in total. The Bertz CT molecular complexity index is 821. The lowest BCUT2D eigenvalue weighted by Gasteiger charge is -2.08. The van der Waals surface area contributed by atoms with Gasteiger partial charge in [-0.05, 0) is 33.3 Å². The second-order valence-electron chi connectivity index (χ2n) is 5.21. The van der Waals surface area contributed by atoms with E-state index in [4.69, 9.17) is 22.7 Å². The maximum atomic E-state index is 12.6. The van der Waals surface area contributed by atoms with Crippen LogP contribution < -0.4 is 11.3 Å². The molecule has 0 atom stereocenters. The number of fused-ring (bicyclic) bond motifs is 1. The predicted octanol–water partition coefficient (Wildman–Crippen LogP) is 1.93. The summed E-state index contributed by atoms with van der Waals surface area (Å²) in [6.45, 7) is 7.11. The van der Waals surface area contributed by atoms with E-state index in [1.54, 1.807) is 27.7 Å². The van der Waals surface area contributed by atoms with Crippen molar-refractivity contribution >= 4 is 44.7 Å². The lowest BCUT2D eigenvalue weighted by molar-refractivity contribution is 0.0383. The minimum Gasteiger partial charge on any atom is -0.459 e. The SMILES string of the molecule is Cc1c(C(=O)OC(C)C)sc2nc(C)n(CC(N)=S)c(=O)c12. The molecule has 0 aliphatic rings. The number of nitrogens with zero attached hydrogens (tertiary/aromatic N) is 2. The van der Waals surface area contributed by atoms with E-state index in [0.717, 1.165) is 0 Å². The molecule has 0 saturated carbocycles. The normalized spacial score (nSPS) is 11.1. The Balaban J connectivity index is 2.65. The van der Waals surface area contributed by atoms with Gasteiger partial charge in [-0.25, -0.2) is 9.78 Å². The van der Waals surface area contributed by atoms with Crippen molar-refractivity contribution in [2.75, 3.05) is 0 Å². The zero-order valence-electron chi connectivity index (χ0n) is 12.8. The van der Waals surface area contributed by atoms with Crippen LogP contribution in [0.3, 0.4) is 0 Å². The lowest BCUT2D eigenvalue weighted by Crippen LogP contribution is -2.29. The minimum atomic E-state index is -0.437. The molecule has 22 heavy (non-hydrogen) atoms. The van der Waals surface area contributed by atoms with Crippen molar-refractivity contribution in [1.82, 2.24) is 9.55 Å². The molecular formula is C14H17N3O3S2. The number of hydrogen-bond donors (Lipinski definition) is 1. The van der Waals surface area contributed by atoms with E-state index in [9.17, 15) is 9.59 Å². The second kappa shape index (κ2) is 6.13. The molecule has 0 amide bonds. The van der Waals surface area contributed by atoms with Crippen LogP contribution in [-0.4, -0.2) is 26.6 Å². The van der Waals surface area contributed by atoms with Crippen LogP contribution in [0.15, 0.2) is 4.79 Å². The zero-order valence-corrected chi connectivity index (χ0v) is 14.4. The molecule has 0 unspecified atom stereocenters. The Morgan fingerprint density at radius 2 is 2.09 bits per heavy atom. The van der Waals surface area contributed by atoms with Crippen LogP contribution in [0.25, 0.3) is 10.2 Å². The van der Waals surface area contributed by atoms with Crippen LogP contribution >= 0.6 is 23.6 Å². The monoisotopic (exact) mass is 339 g/mol. The second-order valence-corrected chi connectivity index (χ2v) is 6.73. The number of carbonyl (C=O) groups is 1. The highest BCUT2D eigenvalue weighted by molar-refractivity contribution is 7.80. The molecule has 0 bridgehead atoms. The zero-order chi connectivity index (χ0) is 16.6. The summed E-state index contributed by atoms with van der Waals surface area (Å²) < 4.78 is 6.62. The summed E-state index contributed by atoms with van der Waals surface area (Å²) in [5, 5.41) is 0.419. The van der Waals surface area contributed by atoms with Gasteiger partial charge >= 0.3 is 5.97 Å². The van der Waals surface area contributed by atoms with Crippen LogP contribution in [0.2, 0.25) is 0 Å². The maximum absolute atomic E-state index is 12.6. The van der Waals surface area contributed by atoms with E-state index in [2.05, 4.69) is 4.98 Å². The van der Waals surface area contributed by atoms with Gasteiger partial charge in [-0.1, -0.05) is 12.2 Å². The largest absolute Gasteiger partial charge is 0.459 e. The summed E-state index contributed by atoms with van der Waals surface area (Å²) in [5.74, 6) is 0.0729. The highest BCUT2D eigenvalue weighted by Crippen LogP contribution is 2.28. The molecule has 0 spiro atoms. The maximum Gasteiger partial charge on any atom is 0.348 e. The predicted molar refractivity (Wildman–Crippen MR) is 90.7 cm³/mol. The van der Waals surface area contributed by atoms with Crippen LogP contribution in [-0.2, 0) is 11.3 Å². The average molecular weight is 339 g/mol. The smallest absolute Gasteiger partial charge is 0.348 e. The molecule has 2 aromatic rings. The van der Waals surface area contributed by atoms with Gasteiger partial charge in [0, 0.05) is 0 Å². The van der Waals surface area contributed by atoms with E-state index < -0.39 is 5.97 Å². The van der Waals surface area contributed by atoms with Gasteiger partial charge in [0.1, 0.15) is 15.5 Å². The third kappa shape index (κ3) is 3.02. The highest BCUT2D eigenvalue weighted by atomic mass is 32.1. The van der Waals surface area contributed by atoms with Crippen molar-refractivity contribution in [2.24, 2.45) is 5.73 Å². The quantitative estimate of drug-likeness (QED) is 0.676. The number of ether oxygens (including phenoxy) is 1. The molecule has 118 valence electrons. The third-order valence-electron chi connectivity index (χ3n) is 3.08. The van der Waals surface area contributed by atoms with Gasteiger partial charge in [0.25, 0.3) is 5.56 Å². The summed E-state index contributed by atoms with van der Waals surface area (Å²) in [6, 6.07) is 0. The van der Waals surface area contributed by atoms with Gasteiger partial charge < -0.3 is 10.5 Å². The Labute approximate surface area is 136 Å². The van der Waals surface area contributed by atoms with Crippen molar-refractivity contribution in [3.05, 3.63) is 26.6 Å². The van der Waals surface area contributed by atoms with E-state index in [1.165, 1.54) is 15.9 Å². The van der Waals surface area contributed by atoms with Gasteiger partial charge in [0.05, 0.1) is 23.0 Å². The molecule has 2 aromatic heterocycles. The molecule has 8 heteroatoms. The highest BCUT2D eigenvalue weighted by Gasteiger charge is 2.22. The minimum absolute atomic E-state index is 0.129. The summed E-state index contributed by atoms with van der Waals surface area (Å²) >= 11 is 6.03. The summed E-state index contributed by atoms with van der Waals surface area (Å²) in [7, 11) is 0. The fraction of sp³-hybridized carbons (Fsp3) is 0.429. The van der Waals surface area contributed by atoms with Crippen LogP contribution in [0.1, 0.15) is 34.9 Å². The lowest BCUT2D eigenvalue weighted by atomic mass is 10.2. The molecule has 0 aliphatic heterocycles. The van der Waals surface area contributed by atoms with Gasteiger partial charge in [-0.15, -0.1) is 11.3 Å². The van der Waals surface area contributed by atoms with Gasteiger partial charge in [-0.2, -0.15) is 0 Å². The van der Waals surface area contributed by atoms with Crippen molar-refractivity contribution in [3.63, 3.8) is 0 Å². The molecule has 0 saturated heterocycles. The van der Waals surface area contributed by atoms with Crippen molar-refractivity contribution < 1.29 is 9.53 Å². The number of aromatic nitrogens is 2. The first-order chi connectivity index (χ1) is 10.2. The van der Waals surface area contributed by atoms with Gasteiger partial charge in [0.15, 0.2) is 0 Å². The standard InChI is InChI=1S/C14H17N3O3S2/c1-6(2)20-14(19)11-7(3)10-12(22-11)16-8(4)17(13(10)18)5-9(15)21/h6H,5H2,1-4H3,(H2,15,21). The number of nitrogens with two attached hydrogens (primary N) is 1. The Morgan fingerprint density at radius 3 is 2.64 bits per heavy atom. The number of thiocarbonyl (C=S) groups is 1. The molecule has 2 rings (SSSR count). The fourth-order valence-electron chi connectivity index (χ4n) is 2.12. The first-order valence-electron chi connectivity index (χ1n) is 6.72. The Kier molecular flexibility index (Phi) is 4.62. The summed E-state index contributed by atoms with van der Waals surface area (Å²) in [4.78, 5) is 30.3. The molecule has 2 N–H and O–H groups in total. The number of hydrogen-bond acceptors (Lipinski definition) is 6. The van der Waals surface area contributed by atoms with E-state index >= 15 is 0 Å². The number of rotatable bonds is 4. The summed E-state index contributed by atoms with van der Waals surface area (Å²) in [5.41, 5.74) is 5.87.